The summed E-state index contributed by atoms with van der Waals surface area (Å²) in [5.74, 6) is 0. The minimum Gasteiger partial charge on any atom is -0.264 e. The van der Waals surface area contributed by atoms with E-state index < -0.39 is 10.4 Å². The summed E-state index contributed by atoms with van der Waals surface area (Å²) in [6, 6.07) is 0. The summed E-state index contributed by atoms with van der Waals surface area (Å²) in [5.41, 5.74) is 0. The van der Waals surface area contributed by atoms with Crippen LogP contribution in [-0.2, 0) is 10.4 Å². The zero-order valence-corrected chi connectivity index (χ0v) is 4.09. The molecule has 4 nitrogen and oxygen atoms in total. The molecule has 0 aliphatic heterocycles. The highest BCUT2D eigenvalue weighted by Gasteiger charge is 1.84. The van der Waals surface area contributed by atoms with Crippen LogP contribution < -0.4 is 0 Å². The van der Waals surface area contributed by atoms with Gasteiger partial charge in [-0.25, -0.2) is 0 Å². The van der Waals surface area contributed by atoms with Crippen molar-refractivity contribution in [2.75, 3.05) is 0 Å². The van der Waals surface area contributed by atoms with Crippen LogP contribution in [0.4, 0.5) is 0 Å². The molecule has 2 N–H and O–H groups in total. The fraction of sp³-hybridized carbons (Fsp3) is 0. The Kier molecular flexibility index (Phi) is 4.99. The lowest BCUT2D eigenvalue weighted by atomic mass is 11.4. The van der Waals surface area contributed by atoms with E-state index in [-0.39, 0.29) is 0 Å². The maximum Gasteiger partial charge on any atom is 0.394 e. The van der Waals surface area contributed by atoms with Crippen LogP contribution in [0, 0.1) is 12.8 Å². The van der Waals surface area contributed by atoms with Gasteiger partial charge in [-0.2, -0.15) is 8.42 Å². The summed E-state index contributed by atoms with van der Waals surface area (Å²) in [6.07, 6.45) is 8.00. The molecule has 0 atom stereocenters. The highest BCUT2D eigenvalue weighted by Crippen LogP contribution is 1.59. The smallest absolute Gasteiger partial charge is 0.264 e. The Hall–Kier alpha value is -0.570. The fourth-order valence-electron chi connectivity index (χ4n) is 0. The Morgan fingerprint density at radius 2 is 1.14 bits per heavy atom. The predicted octanol–water partition coefficient (Wildman–Crippen LogP) is -0.403. The van der Waals surface area contributed by atoms with Crippen LogP contribution >= 0.6 is 0 Å². The van der Waals surface area contributed by atoms with Crippen LogP contribution in [0.1, 0.15) is 0 Å². The van der Waals surface area contributed by atoms with E-state index in [0.29, 0.717) is 0 Å². The van der Waals surface area contributed by atoms with Gasteiger partial charge in [0.05, 0.1) is 0 Å². The summed E-state index contributed by atoms with van der Waals surface area (Å²) < 4.78 is 31.6. The van der Waals surface area contributed by atoms with Gasteiger partial charge in [0.1, 0.15) is 0 Å². The minimum atomic E-state index is -4.67. The molecule has 0 aliphatic rings. The third-order valence-electron chi connectivity index (χ3n) is 0. The van der Waals surface area contributed by atoms with Gasteiger partial charge in [0.2, 0.25) is 0 Å². The van der Waals surface area contributed by atoms with E-state index >= 15 is 0 Å². The standard InChI is InChI=1S/C2H2.H2O4S/c1-2;1-5(2,3)4/h1-2H;(H2,1,2,3,4). The summed E-state index contributed by atoms with van der Waals surface area (Å²) in [7, 11) is -4.67. The summed E-state index contributed by atoms with van der Waals surface area (Å²) >= 11 is 0. The topological polar surface area (TPSA) is 74.6 Å². The average molecular weight is 124 g/mol. The number of hydrogen-bond donors (Lipinski definition) is 2. The van der Waals surface area contributed by atoms with Crippen molar-refractivity contribution < 1.29 is 17.5 Å². The van der Waals surface area contributed by atoms with E-state index in [0.717, 1.165) is 0 Å². The minimum absolute atomic E-state index is 4.00. The van der Waals surface area contributed by atoms with Crippen molar-refractivity contribution in [2.24, 2.45) is 0 Å². The molecule has 0 radical (unpaired) electrons. The van der Waals surface area contributed by atoms with E-state index in [1.807, 2.05) is 0 Å². The zero-order chi connectivity index (χ0) is 6.50. The molecule has 0 saturated carbocycles. The summed E-state index contributed by atoms with van der Waals surface area (Å²) in [6.45, 7) is 0. The molecule has 0 heterocycles. The molecule has 0 rings (SSSR count). The van der Waals surface area contributed by atoms with Crippen LogP contribution in [-0.4, -0.2) is 17.5 Å². The largest absolute Gasteiger partial charge is 0.394 e. The third kappa shape index (κ3) is 197. The van der Waals surface area contributed by atoms with E-state index in [2.05, 4.69) is 12.8 Å². The lowest BCUT2D eigenvalue weighted by Crippen LogP contribution is -1.89. The van der Waals surface area contributed by atoms with Crippen molar-refractivity contribution in [2.45, 2.75) is 0 Å². The highest BCUT2D eigenvalue weighted by atomic mass is 32.3. The van der Waals surface area contributed by atoms with Crippen LogP contribution in [0.2, 0.25) is 0 Å². The van der Waals surface area contributed by atoms with Gasteiger partial charge in [-0.1, -0.05) is 0 Å². The lowest BCUT2D eigenvalue weighted by Gasteiger charge is -1.68. The number of rotatable bonds is 0. The summed E-state index contributed by atoms with van der Waals surface area (Å²) in [5, 5.41) is 0. The Morgan fingerprint density at radius 1 is 1.14 bits per heavy atom. The van der Waals surface area contributed by atoms with Crippen molar-refractivity contribution in [1.82, 2.24) is 0 Å². The van der Waals surface area contributed by atoms with Gasteiger partial charge in [0.15, 0.2) is 0 Å². The second-order valence-electron chi connectivity index (χ2n) is 0.448. The predicted molar refractivity (Wildman–Crippen MR) is 24.1 cm³/mol. The molecule has 7 heavy (non-hydrogen) atoms. The quantitative estimate of drug-likeness (QED) is 0.340. The monoisotopic (exact) mass is 124 g/mol. The molecule has 42 valence electrons. The molecule has 0 aliphatic carbocycles. The van der Waals surface area contributed by atoms with E-state index in [4.69, 9.17) is 17.5 Å². The first-order valence-electron chi connectivity index (χ1n) is 1.03. The fourth-order valence-corrected chi connectivity index (χ4v) is 0. The first kappa shape index (κ1) is 9.66. The van der Waals surface area contributed by atoms with Crippen molar-refractivity contribution in [3.63, 3.8) is 0 Å². The van der Waals surface area contributed by atoms with Crippen LogP contribution in [0.25, 0.3) is 0 Å². The molecule has 0 fully saturated rings. The first-order valence-corrected chi connectivity index (χ1v) is 2.43. The van der Waals surface area contributed by atoms with Crippen LogP contribution in [0.3, 0.4) is 0 Å². The highest BCUT2D eigenvalue weighted by molar-refractivity contribution is 7.79. The van der Waals surface area contributed by atoms with E-state index in [1.54, 1.807) is 0 Å². The van der Waals surface area contributed by atoms with Gasteiger partial charge in [-0.3, -0.25) is 9.11 Å². The lowest BCUT2D eigenvalue weighted by molar-refractivity contribution is 0.381. The van der Waals surface area contributed by atoms with Gasteiger partial charge in [-0.05, 0) is 0 Å². The second kappa shape index (κ2) is 3.61. The normalized spacial score (nSPS) is 8.57. The molecule has 0 spiro atoms. The number of hydrogen-bond acceptors (Lipinski definition) is 2. The molecule has 0 aromatic rings. The first-order chi connectivity index (χ1) is 3.00. The van der Waals surface area contributed by atoms with Gasteiger partial charge < -0.3 is 0 Å². The Bertz CT molecular complexity index is 121. The molecule has 0 amide bonds. The Morgan fingerprint density at radius 3 is 1.14 bits per heavy atom. The number of terminal acetylenes is 1. The Labute approximate surface area is 41.7 Å². The average Bonchev–Trinajstić information content (AvgIpc) is 1.36. The van der Waals surface area contributed by atoms with E-state index in [9.17, 15) is 0 Å². The molecule has 0 aromatic carbocycles. The molecule has 5 heteroatoms. The van der Waals surface area contributed by atoms with Gasteiger partial charge >= 0.3 is 10.4 Å². The summed E-state index contributed by atoms with van der Waals surface area (Å²) in [4.78, 5) is 0. The van der Waals surface area contributed by atoms with Gasteiger partial charge in [-0.15, -0.1) is 12.8 Å². The molecule has 0 bridgehead atoms. The molecule has 0 aromatic heterocycles. The van der Waals surface area contributed by atoms with Gasteiger partial charge in [0.25, 0.3) is 0 Å². The second-order valence-corrected chi connectivity index (χ2v) is 1.34. The zero-order valence-electron chi connectivity index (χ0n) is 3.27. The molecular formula is C2H4O4S. The molecular weight excluding hydrogens is 120 g/mol. The molecule has 0 saturated heterocycles. The maximum atomic E-state index is 8.74. The van der Waals surface area contributed by atoms with Crippen molar-refractivity contribution in [1.29, 1.82) is 0 Å². The van der Waals surface area contributed by atoms with Crippen LogP contribution in [0.5, 0.6) is 0 Å². The van der Waals surface area contributed by atoms with E-state index in [1.165, 1.54) is 0 Å². The van der Waals surface area contributed by atoms with Crippen molar-refractivity contribution in [3.05, 3.63) is 0 Å². The van der Waals surface area contributed by atoms with Crippen molar-refractivity contribution >= 4 is 10.4 Å². The Balaban J connectivity index is 0. The van der Waals surface area contributed by atoms with Crippen LogP contribution in [0.15, 0.2) is 0 Å². The van der Waals surface area contributed by atoms with Crippen molar-refractivity contribution in [3.8, 4) is 12.8 Å². The molecule has 0 unspecified atom stereocenters. The maximum absolute atomic E-state index is 8.74. The third-order valence-corrected chi connectivity index (χ3v) is 0. The SMILES string of the molecule is C#C.O=S(=O)(O)O. The van der Waals surface area contributed by atoms with Gasteiger partial charge in [0, 0.05) is 0 Å².